The number of nitrogens with zero attached hydrogens (tertiary/aromatic N) is 2. The smallest absolute Gasteiger partial charge is 0.256 e. The predicted octanol–water partition coefficient (Wildman–Crippen LogP) is 3.39. The fourth-order valence-corrected chi connectivity index (χ4v) is 3.53. The number of likely N-dealkylation sites (N-methyl/N-ethyl adjacent to an activating group) is 1. The quantitative estimate of drug-likeness (QED) is 0.839. The minimum absolute atomic E-state index is 0.0108. The van der Waals surface area contributed by atoms with Gasteiger partial charge in [-0.05, 0) is 25.0 Å². The Morgan fingerprint density at radius 2 is 1.70 bits per heavy atom. The number of carbonyl (C=O) groups excluding carboxylic acids is 2. The molecular weight excluding hydrogens is 288 g/mol. The molecule has 2 atom stereocenters. The summed E-state index contributed by atoms with van der Waals surface area (Å²) in [4.78, 5) is 29.8. The molecule has 4 nitrogen and oxygen atoms in total. The van der Waals surface area contributed by atoms with Crippen LogP contribution in [-0.2, 0) is 4.79 Å². The lowest BCUT2D eigenvalue weighted by molar-refractivity contribution is -0.134. The van der Waals surface area contributed by atoms with Crippen molar-refractivity contribution in [2.75, 3.05) is 7.05 Å². The molecule has 0 aromatic heterocycles. The van der Waals surface area contributed by atoms with Crippen LogP contribution >= 0.6 is 0 Å². The van der Waals surface area contributed by atoms with Gasteiger partial charge >= 0.3 is 0 Å². The Morgan fingerprint density at radius 3 is 2.13 bits per heavy atom. The van der Waals surface area contributed by atoms with Crippen molar-refractivity contribution in [3.63, 3.8) is 0 Å². The molecule has 1 aromatic rings. The van der Waals surface area contributed by atoms with Gasteiger partial charge in [-0.25, -0.2) is 0 Å². The summed E-state index contributed by atoms with van der Waals surface area (Å²) in [7, 11) is 1.80. The summed E-state index contributed by atoms with van der Waals surface area (Å²) >= 11 is 0. The summed E-state index contributed by atoms with van der Waals surface area (Å²) in [6.07, 6.45) is -0.268. The van der Waals surface area contributed by atoms with Gasteiger partial charge in [0.15, 0.2) is 0 Å². The molecule has 126 valence electrons. The largest absolute Gasteiger partial charge is 0.323 e. The zero-order valence-corrected chi connectivity index (χ0v) is 15.3. The Labute approximate surface area is 139 Å². The molecule has 0 radical (unpaired) electrons. The van der Waals surface area contributed by atoms with E-state index in [2.05, 4.69) is 20.8 Å². The molecule has 0 bridgehead atoms. The van der Waals surface area contributed by atoms with E-state index in [-0.39, 0.29) is 29.3 Å². The van der Waals surface area contributed by atoms with Gasteiger partial charge in [-0.15, -0.1) is 0 Å². The molecule has 0 saturated carbocycles. The summed E-state index contributed by atoms with van der Waals surface area (Å²) in [5.74, 6) is -0.0476. The minimum atomic E-state index is -0.834. The molecule has 1 aromatic carbocycles. The first kappa shape index (κ1) is 17.5. The average molecular weight is 316 g/mol. The van der Waals surface area contributed by atoms with E-state index in [4.69, 9.17) is 0 Å². The molecule has 1 fully saturated rings. The van der Waals surface area contributed by atoms with Crippen LogP contribution in [0.25, 0.3) is 0 Å². The molecule has 0 aliphatic carbocycles. The van der Waals surface area contributed by atoms with Gasteiger partial charge in [-0.1, -0.05) is 52.8 Å². The van der Waals surface area contributed by atoms with Crippen LogP contribution in [0.1, 0.15) is 51.9 Å². The van der Waals surface area contributed by atoms with Crippen LogP contribution in [0.4, 0.5) is 0 Å². The maximum absolute atomic E-state index is 13.3. The highest BCUT2D eigenvalue weighted by Crippen LogP contribution is 2.43. The molecule has 1 saturated heterocycles. The van der Waals surface area contributed by atoms with Crippen LogP contribution in [0, 0.1) is 11.3 Å². The second-order valence-corrected chi connectivity index (χ2v) is 8.00. The molecule has 1 aliphatic heterocycles. The van der Waals surface area contributed by atoms with Gasteiger partial charge in [0.2, 0.25) is 5.91 Å². The standard InChI is InChI=1S/C19H28N2O2/c1-13(2)19(6)17(23)20(7)16(18(3,4)5)21(19)15(22)14-11-9-8-10-12-14/h8-13,16H,1-7H3. The summed E-state index contributed by atoms with van der Waals surface area (Å²) in [6.45, 7) is 12.1. The molecule has 4 heteroatoms. The summed E-state index contributed by atoms with van der Waals surface area (Å²) in [5, 5.41) is 0. The summed E-state index contributed by atoms with van der Waals surface area (Å²) in [6, 6.07) is 9.22. The van der Waals surface area contributed by atoms with E-state index in [1.54, 1.807) is 16.8 Å². The number of benzene rings is 1. The van der Waals surface area contributed by atoms with Crippen LogP contribution in [0.5, 0.6) is 0 Å². The SMILES string of the molecule is CC(C)C1(C)C(=O)N(C)C(C(C)(C)C)N1C(=O)c1ccccc1. The lowest BCUT2D eigenvalue weighted by Gasteiger charge is -2.43. The third-order valence-electron chi connectivity index (χ3n) is 5.00. The molecule has 23 heavy (non-hydrogen) atoms. The van der Waals surface area contributed by atoms with E-state index in [1.165, 1.54) is 0 Å². The van der Waals surface area contributed by atoms with Gasteiger partial charge in [0.05, 0.1) is 0 Å². The van der Waals surface area contributed by atoms with E-state index in [1.807, 2.05) is 51.1 Å². The number of hydrogen-bond acceptors (Lipinski definition) is 2. The topological polar surface area (TPSA) is 40.6 Å². The lowest BCUT2D eigenvalue weighted by atomic mass is 9.84. The van der Waals surface area contributed by atoms with E-state index in [0.717, 1.165) is 0 Å². The Bertz CT molecular complexity index is 604. The second kappa shape index (κ2) is 5.66. The van der Waals surface area contributed by atoms with Gasteiger partial charge in [0, 0.05) is 18.0 Å². The second-order valence-electron chi connectivity index (χ2n) is 8.00. The fourth-order valence-electron chi connectivity index (χ4n) is 3.53. The summed E-state index contributed by atoms with van der Waals surface area (Å²) < 4.78 is 0. The highest BCUT2D eigenvalue weighted by molar-refractivity contribution is 6.01. The van der Waals surface area contributed by atoms with Crippen molar-refractivity contribution in [1.29, 1.82) is 0 Å². The van der Waals surface area contributed by atoms with Crippen LogP contribution in [0.2, 0.25) is 0 Å². The first-order valence-corrected chi connectivity index (χ1v) is 8.19. The highest BCUT2D eigenvalue weighted by atomic mass is 16.2. The normalized spacial score (nSPS) is 25.4. The third kappa shape index (κ3) is 2.64. The van der Waals surface area contributed by atoms with Crippen molar-refractivity contribution in [2.45, 2.75) is 53.2 Å². The monoisotopic (exact) mass is 316 g/mol. The lowest BCUT2D eigenvalue weighted by Crippen LogP contribution is -2.57. The van der Waals surface area contributed by atoms with Crippen molar-refractivity contribution in [1.82, 2.24) is 9.80 Å². The fraction of sp³-hybridized carbons (Fsp3) is 0.579. The van der Waals surface area contributed by atoms with Gasteiger partial charge in [0.25, 0.3) is 5.91 Å². The molecular formula is C19H28N2O2. The predicted molar refractivity (Wildman–Crippen MR) is 91.9 cm³/mol. The van der Waals surface area contributed by atoms with E-state index in [9.17, 15) is 9.59 Å². The Balaban J connectivity index is 2.61. The number of rotatable bonds is 2. The van der Waals surface area contributed by atoms with Crippen molar-refractivity contribution < 1.29 is 9.59 Å². The van der Waals surface area contributed by atoms with Gasteiger partial charge < -0.3 is 9.80 Å². The molecule has 2 amide bonds. The van der Waals surface area contributed by atoms with E-state index in [0.29, 0.717) is 5.56 Å². The molecule has 2 unspecified atom stereocenters. The molecule has 1 aliphatic rings. The Hall–Kier alpha value is -1.84. The van der Waals surface area contributed by atoms with Crippen molar-refractivity contribution in [2.24, 2.45) is 11.3 Å². The third-order valence-corrected chi connectivity index (χ3v) is 5.00. The molecule has 0 N–H and O–H groups in total. The van der Waals surface area contributed by atoms with Gasteiger partial charge in [-0.2, -0.15) is 0 Å². The number of hydrogen-bond donors (Lipinski definition) is 0. The minimum Gasteiger partial charge on any atom is -0.323 e. The maximum Gasteiger partial charge on any atom is 0.256 e. The van der Waals surface area contributed by atoms with Gasteiger partial charge in [-0.3, -0.25) is 9.59 Å². The van der Waals surface area contributed by atoms with Crippen molar-refractivity contribution >= 4 is 11.8 Å². The van der Waals surface area contributed by atoms with Crippen LogP contribution in [0.15, 0.2) is 30.3 Å². The zero-order valence-electron chi connectivity index (χ0n) is 15.3. The van der Waals surface area contributed by atoms with Crippen LogP contribution < -0.4 is 0 Å². The molecule has 2 rings (SSSR count). The Morgan fingerprint density at radius 1 is 1.17 bits per heavy atom. The molecule has 1 heterocycles. The maximum atomic E-state index is 13.3. The first-order valence-electron chi connectivity index (χ1n) is 8.19. The van der Waals surface area contributed by atoms with E-state index >= 15 is 0 Å². The van der Waals surface area contributed by atoms with Gasteiger partial charge in [0.1, 0.15) is 11.7 Å². The number of carbonyl (C=O) groups is 2. The van der Waals surface area contributed by atoms with Crippen molar-refractivity contribution in [3.05, 3.63) is 35.9 Å². The zero-order chi connectivity index (χ0) is 17.6. The number of amides is 2. The molecule has 0 spiro atoms. The van der Waals surface area contributed by atoms with Crippen molar-refractivity contribution in [3.8, 4) is 0 Å². The average Bonchev–Trinajstić information content (AvgIpc) is 2.69. The first-order chi connectivity index (χ1) is 10.5. The highest BCUT2D eigenvalue weighted by Gasteiger charge is 2.59. The Kier molecular flexibility index (Phi) is 4.31. The van der Waals surface area contributed by atoms with Crippen LogP contribution in [0.3, 0.4) is 0 Å². The van der Waals surface area contributed by atoms with Crippen LogP contribution in [-0.4, -0.2) is 40.4 Å². The van der Waals surface area contributed by atoms with E-state index < -0.39 is 5.54 Å². The summed E-state index contributed by atoms with van der Waals surface area (Å²) in [5.41, 5.74) is -0.446.